The predicted octanol–water partition coefficient (Wildman–Crippen LogP) is 6.53. The van der Waals surface area contributed by atoms with E-state index in [-0.39, 0.29) is 43.4 Å². The molecule has 8 heteroatoms. The lowest BCUT2D eigenvalue weighted by Gasteiger charge is -2.14. The average molecular weight is 428 g/mol. The smallest absolute Gasteiger partial charge is 0.262 e. The Bertz CT molecular complexity index is 750. The van der Waals surface area contributed by atoms with Gasteiger partial charge in [0.05, 0.1) is 15.1 Å². The zero-order valence-corrected chi connectivity index (χ0v) is 16.2. The van der Waals surface area contributed by atoms with Crippen molar-refractivity contribution in [3.8, 4) is 5.75 Å². The third-order valence-electron chi connectivity index (χ3n) is 3.19. The fourth-order valence-electron chi connectivity index (χ4n) is 1.99. The first-order chi connectivity index (χ1) is 11.4. The van der Waals surface area contributed by atoms with Crippen LogP contribution in [-0.2, 0) is 11.2 Å². The molecule has 1 amide bonds. The third-order valence-corrected chi connectivity index (χ3v) is 5.43. The largest absolute Gasteiger partial charge is 0.481 e. The first kappa shape index (κ1) is 19.5. The van der Waals surface area contributed by atoms with Crippen LogP contribution in [0.5, 0.6) is 5.75 Å². The van der Waals surface area contributed by atoms with Gasteiger partial charge in [-0.25, -0.2) is 0 Å². The van der Waals surface area contributed by atoms with E-state index >= 15 is 0 Å². The lowest BCUT2D eigenvalue weighted by atomic mass is 10.1. The summed E-state index contributed by atoms with van der Waals surface area (Å²) >= 11 is 29.9. The number of para-hydroxylation sites is 1. The maximum absolute atomic E-state index is 12.1. The number of hydrogen-bond donors (Lipinski definition) is 1. The summed E-state index contributed by atoms with van der Waals surface area (Å²) in [5.74, 6) is -0.359. The molecule has 2 rings (SSSR count). The van der Waals surface area contributed by atoms with Gasteiger partial charge in [0, 0.05) is 5.69 Å². The summed E-state index contributed by atoms with van der Waals surface area (Å²) in [6, 6.07) is 7.49. The number of nitrogens with one attached hydrogen (secondary N) is 1. The molecule has 0 aliphatic carbocycles. The predicted molar refractivity (Wildman–Crippen MR) is 101 cm³/mol. The standard InChI is InChI=1S/C16H12Cl5NO2/c1-2-8-5-3-4-6-9(8)22-10(23)7-24-16-14(20)12(18)11(17)13(19)15(16)21/h3-6H,2,7H2,1H3,(H,22,23). The number of hydrogen-bond acceptors (Lipinski definition) is 2. The quantitative estimate of drug-likeness (QED) is 0.435. The SMILES string of the molecule is CCc1ccccc1NC(=O)COc1c(Cl)c(Cl)c(Cl)c(Cl)c1Cl. The zero-order chi connectivity index (χ0) is 17.9. The van der Waals surface area contributed by atoms with Crippen molar-refractivity contribution in [2.24, 2.45) is 0 Å². The maximum Gasteiger partial charge on any atom is 0.262 e. The highest BCUT2D eigenvalue weighted by atomic mass is 35.5. The molecule has 0 aliphatic rings. The third kappa shape index (κ3) is 4.22. The van der Waals surface area contributed by atoms with Crippen molar-refractivity contribution in [1.29, 1.82) is 0 Å². The molecule has 0 bridgehead atoms. The van der Waals surface area contributed by atoms with Crippen molar-refractivity contribution < 1.29 is 9.53 Å². The molecule has 1 N–H and O–H groups in total. The summed E-state index contributed by atoms with van der Waals surface area (Å²) in [5, 5.41) is 2.82. The second-order valence-electron chi connectivity index (χ2n) is 4.75. The Morgan fingerprint density at radius 1 is 0.958 bits per heavy atom. The number of amides is 1. The first-order valence-corrected chi connectivity index (χ1v) is 8.77. The molecule has 0 aliphatic heterocycles. The first-order valence-electron chi connectivity index (χ1n) is 6.88. The molecule has 0 radical (unpaired) electrons. The van der Waals surface area contributed by atoms with Gasteiger partial charge in [0.25, 0.3) is 5.91 Å². The van der Waals surface area contributed by atoms with Crippen LogP contribution in [0, 0.1) is 0 Å². The van der Waals surface area contributed by atoms with E-state index in [0.29, 0.717) is 0 Å². The zero-order valence-electron chi connectivity index (χ0n) is 12.4. The summed E-state index contributed by atoms with van der Waals surface area (Å²) in [5.41, 5.74) is 1.73. The number of carbonyl (C=O) groups is 1. The van der Waals surface area contributed by atoms with Gasteiger partial charge >= 0.3 is 0 Å². The molecule has 3 nitrogen and oxygen atoms in total. The molecule has 2 aromatic rings. The lowest BCUT2D eigenvalue weighted by Crippen LogP contribution is -2.21. The minimum absolute atomic E-state index is 0.00201. The van der Waals surface area contributed by atoms with Gasteiger partial charge in [-0.3, -0.25) is 4.79 Å². The van der Waals surface area contributed by atoms with E-state index in [9.17, 15) is 4.79 Å². The van der Waals surface area contributed by atoms with Crippen molar-refractivity contribution >= 4 is 69.6 Å². The minimum atomic E-state index is -0.370. The second kappa shape index (κ2) is 8.50. The van der Waals surface area contributed by atoms with Crippen LogP contribution in [0.15, 0.2) is 24.3 Å². The Morgan fingerprint density at radius 3 is 2.08 bits per heavy atom. The van der Waals surface area contributed by atoms with Gasteiger partial charge in [-0.2, -0.15) is 0 Å². The number of carbonyl (C=O) groups excluding carboxylic acids is 1. The molecular formula is C16H12Cl5NO2. The monoisotopic (exact) mass is 425 g/mol. The summed E-state index contributed by atoms with van der Waals surface area (Å²) in [7, 11) is 0. The van der Waals surface area contributed by atoms with Crippen molar-refractivity contribution in [3.05, 3.63) is 54.9 Å². The molecule has 128 valence electrons. The highest BCUT2D eigenvalue weighted by molar-refractivity contribution is 6.55. The lowest BCUT2D eigenvalue weighted by molar-refractivity contribution is -0.118. The Labute approximate surface area is 164 Å². The Hall–Kier alpha value is -0.840. The van der Waals surface area contributed by atoms with Gasteiger partial charge in [0.2, 0.25) is 0 Å². The van der Waals surface area contributed by atoms with E-state index in [1.165, 1.54) is 0 Å². The molecule has 2 aromatic carbocycles. The molecular weight excluding hydrogens is 415 g/mol. The van der Waals surface area contributed by atoms with Crippen LogP contribution in [0.2, 0.25) is 25.1 Å². The van der Waals surface area contributed by atoms with Gasteiger partial charge in [0.15, 0.2) is 12.4 Å². The average Bonchev–Trinajstić information content (AvgIpc) is 2.58. The van der Waals surface area contributed by atoms with Crippen LogP contribution in [0.1, 0.15) is 12.5 Å². The maximum atomic E-state index is 12.1. The van der Waals surface area contributed by atoms with E-state index in [0.717, 1.165) is 17.7 Å². The number of anilines is 1. The van der Waals surface area contributed by atoms with E-state index in [4.69, 9.17) is 62.7 Å². The molecule has 0 heterocycles. The summed E-state index contributed by atoms with van der Waals surface area (Å²) in [6.45, 7) is 1.69. The normalized spacial score (nSPS) is 10.6. The minimum Gasteiger partial charge on any atom is -0.481 e. The van der Waals surface area contributed by atoms with Crippen LogP contribution < -0.4 is 10.1 Å². The van der Waals surface area contributed by atoms with Gasteiger partial charge < -0.3 is 10.1 Å². The molecule has 0 unspecified atom stereocenters. The number of ether oxygens (including phenoxy) is 1. The van der Waals surface area contributed by atoms with Gasteiger partial charge in [-0.15, -0.1) is 0 Å². The Kier molecular flexibility index (Phi) is 6.90. The molecule has 0 spiro atoms. The van der Waals surface area contributed by atoms with Crippen molar-refractivity contribution in [3.63, 3.8) is 0 Å². The van der Waals surface area contributed by atoms with E-state index in [2.05, 4.69) is 5.32 Å². The highest BCUT2D eigenvalue weighted by Gasteiger charge is 2.21. The van der Waals surface area contributed by atoms with Crippen LogP contribution in [0.3, 0.4) is 0 Å². The summed E-state index contributed by atoms with van der Waals surface area (Å²) in [4.78, 5) is 12.1. The van der Waals surface area contributed by atoms with Crippen molar-refractivity contribution in [2.45, 2.75) is 13.3 Å². The van der Waals surface area contributed by atoms with E-state index in [1.807, 2.05) is 31.2 Å². The summed E-state index contributed by atoms with van der Waals surface area (Å²) in [6.07, 6.45) is 0.789. The molecule has 0 saturated heterocycles. The van der Waals surface area contributed by atoms with E-state index < -0.39 is 0 Å². The van der Waals surface area contributed by atoms with Gasteiger partial charge in [-0.05, 0) is 18.1 Å². The van der Waals surface area contributed by atoms with Gasteiger partial charge in [-0.1, -0.05) is 83.1 Å². The van der Waals surface area contributed by atoms with Crippen molar-refractivity contribution in [1.82, 2.24) is 0 Å². The Morgan fingerprint density at radius 2 is 1.50 bits per heavy atom. The van der Waals surface area contributed by atoms with Crippen molar-refractivity contribution in [2.75, 3.05) is 11.9 Å². The summed E-state index contributed by atoms with van der Waals surface area (Å²) < 4.78 is 5.39. The second-order valence-corrected chi connectivity index (χ2v) is 6.64. The fourth-order valence-corrected chi connectivity index (χ4v) is 3.22. The van der Waals surface area contributed by atoms with Gasteiger partial charge in [0.1, 0.15) is 10.0 Å². The molecule has 0 saturated carbocycles. The molecule has 0 fully saturated rings. The van der Waals surface area contributed by atoms with E-state index in [1.54, 1.807) is 0 Å². The molecule has 24 heavy (non-hydrogen) atoms. The topological polar surface area (TPSA) is 38.3 Å². The van der Waals surface area contributed by atoms with Crippen LogP contribution in [0.4, 0.5) is 5.69 Å². The van der Waals surface area contributed by atoms with Crippen LogP contribution in [-0.4, -0.2) is 12.5 Å². The molecule has 0 aromatic heterocycles. The highest BCUT2D eigenvalue weighted by Crippen LogP contribution is 2.48. The number of rotatable bonds is 5. The van der Waals surface area contributed by atoms with Crippen LogP contribution >= 0.6 is 58.0 Å². The Balaban J connectivity index is 2.13. The number of benzene rings is 2. The number of aryl methyl sites for hydroxylation is 1. The fraction of sp³-hybridized carbons (Fsp3) is 0.188. The van der Waals surface area contributed by atoms with Crippen LogP contribution in [0.25, 0.3) is 0 Å². The molecule has 0 atom stereocenters. The number of halogens is 5.